The van der Waals surface area contributed by atoms with Crippen LogP contribution in [-0.4, -0.2) is 23.2 Å². The molecule has 7 aromatic rings. The van der Waals surface area contributed by atoms with Gasteiger partial charge in [-0.2, -0.15) is 0 Å². The molecule has 0 spiro atoms. The number of ether oxygens (including phenoxy) is 2. The number of H-pyrrole nitrogens is 1. The number of nitrogens with two attached hydrogens (primary N) is 1. The molecule has 6 nitrogen and oxygen atoms in total. The van der Waals surface area contributed by atoms with Gasteiger partial charge in [0, 0.05) is 17.7 Å². The van der Waals surface area contributed by atoms with Crippen LogP contribution in [0.2, 0.25) is 0 Å². The summed E-state index contributed by atoms with van der Waals surface area (Å²) in [6, 6.07) is 61.4. The number of anilines is 1. The van der Waals surface area contributed by atoms with E-state index in [1.807, 2.05) is 109 Å². The fraction of sp³-hybridized carbons (Fsp3) is 0.111. The van der Waals surface area contributed by atoms with E-state index in [2.05, 4.69) is 82.8 Å². The second-order valence-corrected chi connectivity index (χ2v) is 12.4. The van der Waals surface area contributed by atoms with E-state index in [0.29, 0.717) is 5.56 Å². The number of rotatable bonds is 13. The van der Waals surface area contributed by atoms with Gasteiger partial charge >= 0.3 is 5.69 Å². The van der Waals surface area contributed by atoms with Gasteiger partial charge in [0.2, 0.25) is 0 Å². The van der Waals surface area contributed by atoms with Crippen molar-refractivity contribution < 1.29 is 9.47 Å². The van der Waals surface area contributed by atoms with Crippen LogP contribution in [0.25, 0.3) is 0 Å². The molecule has 3 N–H and O–H groups in total. The first-order valence-electron chi connectivity index (χ1n) is 17.1. The topological polar surface area (TPSA) is 90.2 Å². The Hall–Kier alpha value is -6.08. The number of hydrogen-bond donors (Lipinski definition) is 2. The van der Waals surface area contributed by atoms with Crippen molar-refractivity contribution in [3.63, 3.8) is 0 Å². The molecule has 0 radical (unpaired) electrons. The third-order valence-corrected chi connectivity index (χ3v) is 9.40. The molecule has 0 saturated carbocycles. The highest BCUT2D eigenvalue weighted by atomic mass is 16.5. The summed E-state index contributed by atoms with van der Waals surface area (Å²) >= 11 is 0. The van der Waals surface area contributed by atoms with Gasteiger partial charge in [-0.1, -0.05) is 182 Å². The Morgan fingerprint density at radius 2 is 0.765 bits per heavy atom. The van der Waals surface area contributed by atoms with Gasteiger partial charge in [-0.25, -0.2) is 9.78 Å². The molecule has 6 aromatic carbocycles. The summed E-state index contributed by atoms with van der Waals surface area (Å²) < 4.78 is 14.6. The Balaban J connectivity index is 1.37. The summed E-state index contributed by atoms with van der Waals surface area (Å²) in [5.74, 6) is -0.234. The molecule has 1 aromatic heterocycles. The molecule has 0 atom stereocenters. The smallest absolute Gasteiger partial charge is 0.346 e. The average Bonchev–Trinajstić information content (AvgIpc) is 3.20. The number of hydrogen-bond acceptors (Lipinski definition) is 5. The third kappa shape index (κ3) is 6.75. The number of nitrogen functional groups attached to an aromatic ring is 1. The van der Waals surface area contributed by atoms with Gasteiger partial charge < -0.3 is 15.2 Å². The lowest BCUT2D eigenvalue weighted by atomic mass is 9.79. The third-order valence-electron chi connectivity index (χ3n) is 9.40. The van der Waals surface area contributed by atoms with Gasteiger partial charge in [0.1, 0.15) is 17.0 Å². The Morgan fingerprint density at radius 1 is 0.490 bits per heavy atom. The molecule has 0 unspecified atom stereocenters. The molecule has 252 valence electrons. The largest absolute Gasteiger partial charge is 0.385 e. The molecular weight excluding hydrogens is 631 g/mol. The standard InChI is InChI=1S/C45H39N3O3/c46-42-41(31-47-43(49)48-42)34(32-50-44(35-19-7-1-8-20-35,36-21-9-2-10-22-36)37-23-11-3-12-24-37)33-51-45(38-25-13-4-14-26-38,39-27-15-5-16-28-39)40-29-17-6-18-30-40/h1-31,34H,32-33H2,(H3,46,47,48,49). The van der Waals surface area contributed by atoms with E-state index in [9.17, 15) is 4.79 Å². The maximum absolute atomic E-state index is 12.3. The molecule has 0 bridgehead atoms. The molecule has 0 aliphatic rings. The van der Waals surface area contributed by atoms with Gasteiger partial charge in [0.25, 0.3) is 0 Å². The lowest BCUT2D eigenvalue weighted by Crippen LogP contribution is -2.37. The van der Waals surface area contributed by atoms with Crippen LogP contribution < -0.4 is 11.4 Å². The summed E-state index contributed by atoms with van der Waals surface area (Å²) in [4.78, 5) is 19.1. The van der Waals surface area contributed by atoms with Crippen LogP contribution in [0.1, 0.15) is 44.9 Å². The van der Waals surface area contributed by atoms with Crippen LogP contribution >= 0.6 is 0 Å². The normalized spacial score (nSPS) is 11.8. The zero-order chi connectivity index (χ0) is 34.9. The first-order valence-corrected chi connectivity index (χ1v) is 17.1. The predicted molar refractivity (Wildman–Crippen MR) is 202 cm³/mol. The number of nitrogens with zero attached hydrogens (tertiary/aromatic N) is 1. The summed E-state index contributed by atoms with van der Waals surface area (Å²) in [5.41, 5.74) is 10.5. The van der Waals surface area contributed by atoms with E-state index in [1.165, 1.54) is 6.20 Å². The molecular formula is C45H39N3O3. The quantitative estimate of drug-likeness (QED) is 0.120. The van der Waals surface area contributed by atoms with Crippen molar-refractivity contribution in [3.8, 4) is 0 Å². The highest BCUT2D eigenvalue weighted by Crippen LogP contribution is 2.44. The van der Waals surface area contributed by atoms with Crippen molar-refractivity contribution in [2.75, 3.05) is 18.9 Å². The zero-order valence-corrected chi connectivity index (χ0v) is 28.1. The molecule has 1 heterocycles. The lowest BCUT2D eigenvalue weighted by molar-refractivity contribution is -0.0379. The van der Waals surface area contributed by atoms with E-state index >= 15 is 0 Å². The molecule has 0 fully saturated rings. The molecule has 0 saturated heterocycles. The van der Waals surface area contributed by atoms with E-state index in [1.54, 1.807) is 0 Å². The highest BCUT2D eigenvalue weighted by molar-refractivity contribution is 5.49. The summed E-state index contributed by atoms with van der Waals surface area (Å²) in [6.45, 7) is 0.343. The van der Waals surface area contributed by atoms with Gasteiger partial charge in [-0.3, -0.25) is 4.98 Å². The Kier molecular flexibility index (Phi) is 9.97. The Bertz CT molecular complexity index is 1850. The first kappa shape index (κ1) is 33.4. The van der Waals surface area contributed by atoms with Crippen molar-refractivity contribution in [1.82, 2.24) is 9.97 Å². The minimum absolute atomic E-state index is 0.172. The Morgan fingerprint density at radius 3 is 1.02 bits per heavy atom. The van der Waals surface area contributed by atoms with Gasteiger partial charge in [-0.15, -0.1) is 0 Å². The highest BCUT2D eigenvalue weighted by Gasteiger charge is 2.41. The van der Waals surface area contributed by atoms with Crippen molar-refractivity contribution in [2.45, 2.75) is 17.1 Å². The lowest BCUT2D eigenvalue weighted by Gasteiger charge is -2.39. The minimum atomic E-state index is -0.984. The molecule has 51 heavy (non-hydrogen) atoms. The second kappa shape index (κ2) is 15.2. The van der Waals surface area contributed by atoms with Crippen LogP contribution in [0.3, 0.4) is 0 Å². The van der Waals surface area contributed by atoms with Crippen molar-refractivity contribution in [2.24, 2.45) is 0 Å². The SMILES string of the molecule is Nc1[nH]c(=O)ncc1C(COC(c1ccccc1)(c1ccccc1)c1ccccc1)COC(c1ccccc1)(c1ccccc1)c1ccccc1. The van der Waals surface area contributed by atoms with Crippen LogP contribution in [-0.2, 0) is 20.7 Å². The molecule has 0 aliphatic carbocycles. The number of aromatic nitrogens is 2. The monoisotopic (exact) mass is 669 g/mol. The van der Waals surface area contributed by atoms with Gasteiger partial charge in [0.15, 0.2) is 0 Å². The van der Waals surface area contributed by atoms with Crippen LogP contribution in [0.4, 0.5) is 5.82 Å². The Labute approximate surface area is 298 Å². The van der Waals surface area contributed by atoms with Crippen molar-refractivity contribution >= 4 is 5.82 Å². The van der Waals surface area contributed by atoms with Gasteiger partial charge in [0.05, 0.1) is 13.2 Å². The number of benzene rings is 6. The fourth-order valence-corrected chi connectivity index (χ4v) is 6.96. The molecule has 0 amide bonds. The summed E-state index contributed by atoms with van der Waals surface area (Å²) in [6.07, 6.45) is 1.54. The van der Waals surface area contributed by atoms with E-state index in [4.69, 9.17) is 15.2 Å². The maximum Gasteiger partial charge on any atom is 0.346 e. The number of nitrogens with one attached hydrogen (secondary N) is 1. The molecule has 0 aliphatic heterocycles. The minimum Gasteiger partial charge on any atom is -0.385 e. The fourth-order valence-electron chi connectivity index (χ4n) is 6.96. The van der Waals surface area contributed by atoms with E-state index in [-0.39, 0.29) is 19.0 Å². The van der Waals surface area contributed by atoms with Crippen molar-refractivity contribution in [3.05, 3.63) is 238 Å². The summed E-state index contributed by atoms with van der Waals surface area (Å²) in [7, 11) is 0. The van der Waals surface area contributed by atoms with E-state index in [0.717, 1.165) is 33.4 Å². The van der Waals surface area contributed by atoms with E-state index < -0.39 is 22.8 Å². The second-order valence-electron chi connectivity index (χ2n) is 12.4. The maximum atomic E-state index is 12.3. The predicted octanol–water partition coefficient (Wildman–Crippen LogP) is 8.45. The zero-order valence-electron chi connectivity index (χ0n) is 28.1. The van der Waals surface area contributed by atoms with Crippen molar-refractivity contribution in [1.29, 1.82) is 0 Å². The molecule has 6 heteroatoms. The van der Waals surface area contributed by atoms with Gasteiger partial charge in [-0.05, 0) is 33.4 Å². The van der Waals surface area contributed by atoms with Crippen LogP contribution in [0, 0.1) is 0 Å². The summed E-state index contributed by atoms with van der Waals surface area (Å²) in [5, 5.41) is 0. The van der Waals surface area contributed by atoms with Crippen LogP contribution in [0.5, 0.6) is 0 Å². The average molecular weight is 670 g/mol. The molecule has 7 rings (SSSR count). The first-order chi connectivity index (χ1) is 25.1. The number of aromatic amines is 1. The van der Waals surface area contributed by atoms with Crippen LogP contribution in [0.15, 0.2) is 193 Å².